The number of nitrogens with zero attached hydrogens (tertiary/aromatic N) is 1. The van der Waals surface area contributed by atoms with E-state index in [9.17, 15) is 0 Å². The third kappa shape index (κ3) is 4.17. The number of hydrogen-bond donors (Lipinski definition) is 1. The highest BCUT2D eigenvalue weighted by Gasteiger charge is 2.07. The number of methoxy groups -OCH3 is 1. The minimum absolute atomic E-state index is 0.581. The molecule has 0 bridgehead atoms. The number of imidazole rings is 1. The highest BCUT2D eigenvalue weighted by Crippen LogP contribution is 2.29. The van der Waals surface area contributed by atoms with E-state index in [-0.39, 0.29) is 0 Å². The fraction of sp³-hybridized carbons (Fsp3) is 0.250. The summed E-state index contributed by atoms with van der Waals surface area (Å²) in [7, 11) is 1.66. The summed E-state index contributed by atoms with van der Waals surface area (Å²) in [6.45, 7) is 6.41. The van der Waals surface area contributed by atoms with Crippen molar-refractivity contribution in [1.82, 2.24) is 9.97 Å². The third-order valence-corrected chi connectivity index (χ3v) is 4.72. The molecule has 0 unspecified atom stereocenters. The lowest BCUT2D eigenvalue weighted by Gasteiger charge is -2.11. The van der Waals surface area contributed by atoms with Crippen LogP contribution >= 0.6 is 11.8 Å². The lowest BCUT2D eigenvalue weighted by Crippen LogP contribution is -2.02. The van der Waals surface area contributed by atoms with Crippen molar-refractivity contribution in [1.29, 1.82) is 0 Å². The van der Waals surface area contributed by atoms with Crippen molar-refractivity contribution in [2.45, 2.75) is 18.5 Å². The van der Waals surface area contributed by atoms with Crippen LogP contribution in [0.4, 0.5) is 0 Å². The second-order valence-corrected chi connectivity index (χ2v) is 6.77. The van der Waals surface area contributed by atoms with Gasteiger partial charge in [-0.2, -0.15) is 0 Å². The average molecular weight is 354 g/mol. The van der Waals surface area contributed by atoms with E-state index in [4.69, 9.17) is 9.47 Å². The van der Waals surface area contributed by atoms with Gasteiger partial charge >= 0.3 is 0 Å². The number of allylic oxidation sites excluding steroid dienone is 1. The first-order valence-electron chi connectivity index (χ1n) is 8.20. The Morgan fingerprint density at radius 1 is 1.24 bits per heavy atom. The van der Waals surface area contributed by atoms with Gasteiger partial charge in [0.15, 0.2) is 16.7 Å². The lowest BCUT2D eigenvalue weighted by atomic mass is 10.1. The van der Waals surface area contributed by atoms with E-state index in [1.165, 1.54) is 5.56 Å². The highest BCUT2D eigenvalue weighted by atomic mass is 32.2. The number of aromatic nitrogens is 2. The van der Waals surface area contributed by atoms with Gasteiger partial charge in [0.1, 0.15) is 0 Å². The summed E-state index contributed by atoms with van der Waals surface area (Å²) < 4.78 is 11.3. The van der Waals surface area contributed by atoms with E-state index < -0.39 is 0 Å². The van der Waals surface area contributed by atoms with E-state index >= 15 is 0 Å². The molecule has 0 radical (unpaired) electrons. The molecule has 0 spiro atoms. The summed E-state index contributed by atoms with van der Waals surface area (Å²) in [6.07, 6.45) is 2.69. The second-order valence-electron chi connectivity index (χ2n) is 5.69. The van der Waals surface area contributed by atoms with Crippen molar-refractivity contribution < 1.29 is 9.47 Å². The van der Waals surface area contributed by atoms with Gasteiger partial charge < -0.3 is 14.5 Å². The Morgan fingerprint density at radius 3 is 2.88 bits per heavy atom. The van der Waals surface area contributed by atoms with Gasteiger partial charge in [-0.15, -0.1) is 6.58 Å². The van der Waals surface area contributed by atoms with Crippen molar-refractivity contribution in [3.05, 3.63) is 60.2 Å². The number of benzene rings is 2. The van der Waals surface area contributed by atoms with Crippen LogP contribution in [0, 0.1) is 6.92 Å². The van der Waals surface area contributed by atoms with E-state index in [0.717, 1.165) is 45.4 Å². The number of ether oxygens (including phenoxy) is 2. The van der Waals surface area contributed by atoms with Gasteiger partial charge in [0, 0.05) is 5.75 Å². The number of thioether (sulfide) groups is 1. The molecule has 0 saturated heterocycles. The van der Waals surface area contributed by atoms with Gasteiger partial charge in [0.25, 0.3) is 0 Å². The maximum atomic E-state index is 5.87. The minimum Gasteiger partial charge on any atom is -0.493 e. The summed E-state index contributed by atoms with van der Waals surface area (Å²) in [5, 5.41) is 0.918. The molecule has 0 atom stereocenters. The molecule has 0 aliphatic carbocycles. The molecular weight excluding hydrogens is 332 g/mol. The van der Waals surface area contributed by atoms with Crippen molar-refractivity contribution >= 4 is 22.8 Å². The Balaban J connectivity index is 1.57. The number of aryl methyl sites for hydroxylation is 1. The van der Waals surface area contributed by atoms with E-state index in [1.807, 2.05) is 36.4 Å². The number of rotatable bonds is 8. The van der Waals surface area contributed by atoms with Gasteiger partial charge in [-0.3, -0.25) is 0 Å². The van der Waals surface area contributed by atoms with Gasteiger partial charge in [-0.1, -0.05) is 36.0 Å². The first-order valence-corrected chi connectivity index (χ1v) is 9.18. The summed E-state index contributed by atoms with van der Waals surface area (Å²) >= 11 is 1.65. The van der Waals surface area contributed by atoms with Crippen molar-refractivity contribution in [3.63, 3.8) is 0 Å². The Labute approximate surface area is 152 Å². The van der Waals surface area contributed by atoms with E-state index in [1.54, 1.807) is 18.9 Å². The molecule has 5 heteroatoms. The largest absolute Gasteiger partial charge is 0.493 e. The van der Waals surface area contributed by atoms with Crippen LogP contribution in [0.3, 0.4) is 0 Å². The predicted octanol–water partition coefficient (Wildman–Crippen LogP) is 4.78. The normalized spacial score (nSPS) is 10.8. The summed E-state index contributed by atoms with van der Waals surface area (Å²) in [5.41, 5.74) is 4.45. The molecule has 1 aromatic heterocycles. The molecule has 0 aliphatic rings. The molecule has 2 aromatic carbocycles. The highest BCUT2D eigenvalue weighted by molar-refractivity contribution is 7.99. The molecule has 3 rings (SSSR count). The Morgan fingerprint density at radius 2 is 2.12 bits per heavy atom. The van der Waals surface area contributed by atoms with Gasteiger partial charge in [0.05, 0.1) is 24.8 Å². The molecule has 3 aromatic rings. The van der Waals surface area contributed by atoms with Crippen LogP contribution in [-0.2, 0) is 6.42 Å². The number of aromatic amines is 1. The van der Waals surface area contributed by atoms with Gasteiger partial charge in [0.2, 0.25) is 0 Å². The Bertz CT molecular complexity index is 873. The average Bonchev–Trinajstić information content (AvgIpc) is 3.04. The number of hydrogen-bond acceptors (Lipinski definition) is 4. The number of para-hydroxylation sites is 1. The molecule has 4 nitrogen and oxygen atoms in total. The molecule has 0 aliphatic heterocycles. The summed E-state index contributed by atoms with van der Waals surface area (Å²) in [5.74, 6) is 2.32. The molecule has 130 valence electrons. The predicted molar refractivity (Wildman–Crippen MR) is 104 cm³/mol. The van der Waals surface area contributed by atoms with Crippen molar-refractivity contribution in [2.24, 2.45) is 0 Å². The molecule has 25 heavy (non-hydrogen) atoms. The SMILES string of the molecule is C=CCc1ccc(OCCSc2nc3c(C)cccc3[nH]2)c(OC)c1. The van der Waals surface area contributed by atoms with Crippen LogP contribution in [0.15, 0.2) is 54.2 Å². The zero-order valence-corrected chi connectivity index (χ0v) is 15.4. The van der Waals surface area contributed by atoms with Crippen LogP contribution in [-0.4, -0.2) is 29.4 Å². The molecular formula is C20H22N2O2S. The zero-order chi connectivity index (χ0) is 17.6. The smallest absolute Gasteiger partial charge is 0.166 e. The third-order valence-electron chi connectivity index (χ3n) is 3.88. The maximum absolute atomic E-state index is 5.87. The maximum Gasteiger partial charge on any atom is 0.166 e. The van der Waals surface area contributed by atoms with Gasteiger partial charge in [-0.05, 0) is 42.7 Å². The zero-order valence-electron chi connectivity index (χ0n) is 14.5. The molecule has 0 amide bonds. The number of fused-ring (bicyclic) bond motifs is 1. The minimum atomic E-state index is 0.581. The summed E-state index contributed by atoms with van der Waals surface area (Å²) in [6, 6.07) is 12.1. The monoisotopic (exact) mass is 354 g/mol. The molecule has 0 saturated carbocycles. The quantitative estimate of drug-likeness (QED) is 0.359. The van der Waals surface area contributed by atoms with E-state index in [0.29, 0.717) is 6.61 Å². The van der Waals surface area contributed by atoms with Gasteiger partial charge in [-0.25, -0.2) is 4.98 Å². The van der Waals surface area contributed by atoms with Crippen LogP contribution in [0.25, 0.3) is 11.0 Å². The molecule has 1 heterocycles. The summed E-state index contributed by atoms with van der Waals surface area (Å²) in [4.78, 5) is 7.98. The van der Waals surface area contributed by atoms with Crippen LogP contribution in [0.1, 0.15) is 11.1 Å². The van der Waals surface area contributed by atoms with Crippen LogP contribution in [0.2, 0.25) is 0 Å². The molecule has 0 fully saturated rings. The van der Waals surface area contributed by atoms with Crippen LogP contribution in [0.5, 0.6) is 11.5 Å². The number of nitrogens with one attached hydrogen (secondary N) is 1. The standard InChI is InChI=1S/C20H22N2O2S/c1-4-6-15-9-10-17(18(13-15)23-3)24-11-12-25-20-21-16-8-5-7-14(2)19(16)22-20/h4-5,7-10,13H,1,6,11-12H2,2-3H3,(H,21,22). The fourth-order valence-corrected chi connectivity index (χ4v) is 3.33. The Hall–Kier alpha value is -2.40. The molecule has 1 N–H and O–H groups in total. The number of H-pyrrole nitrogens is 1. The second kappa shape index (κ2) is 8.12. The van der Waals surface area contributed by atoms with Crippen LogP contribution < -0.4 is 9.47 Å². The van der Waals surface area contributed by atoms with Crippen molar-refractivity contribution in [3.8, 4) is 11.5 Å². The lowest BCUT2D eigenvalue weighted by molar-refractivity contribution is 0.313. The first kappa shape index (κ1) is 17.4. The first-order chi connectivity index (χ1) is 12.2. The topological polar surface area (TPSA) is 47.1 Å². The van der Waals surface area contributed by atoms with E-state index in [2.05, 4.69) is 29.5 Å². The fourth-order valence-electron chi connectivity index (χ4n) is 2.64. The Kier molecular flexibility index (Phi) is 5.66. The van der Waals surface area contributed by atoms with Crippen molar-refractivity contribution in [2.75, 3.05) is 19.5 Å².